The number of carbonyl (C=O) groups excluding carboxylic acids is 2. The highest BCUT2D eigenvalue weighted by atomic mass is 16.5. The zero-order valence-corrected chi connectivity index (χ0v) is 18.7. The molecule has 5 rings (SSSR count). The van der Waals surface area contributed by atoms with Crippen LogP contribution < -0.4 is 15.4 Å². The van der Waals surface area contributed by atoms with Crippen LogP contribution in [0.25, 0.3) is 10.9 Å². The lowest BCUT2D eigenvalue weighted by Gasteiger charge is -2.26. The van der Waals surface area contributed by atoms with Gasteiger partial charge in [0.25, 0.3) is 11.8 Å². The second-order valence-corrected chi connectivity index (χ2v) is 8.32. The molecule has 0 bridgehead atoms. The second kappa shape index (κ2) is 9.31. The van der Waals surface area contributed by atoms with E-state index in [1.807, 2.05) is 42.5 Å². The third kappa shape index (κ3) is 4.59. The number of amides is 2. The van der Waals surface area contributed by atoms with Gasteiger partial charge in [-0.25, -0.2) is 0 Å². The minimum absolute atomic E-state index is 0.0301. The molecule has 170 valence electrons. The molecule has 0 aliphatic heterocycles. The Labute approximate surface area is 197 Å². The minimum atomic E-state index is -0.268. The number of nitrogens with one attached hydrogen (secondary N) is 2. The van der Waals surface area contributed by atoms with Gasteiger partial charge in [0, 0.05) is 36.9 Å². The molecule has 2 aromatic heterocycles. The van der Waals surface area contributed by atoms with Gasteiger partial charge in [0.15, 0.2) is 0 Å². The van der Waals surface area contributed by atoms with E-state index in [0.29, 0.717) is 22.8 Å². The molecule has 2 N–H and O–H groups in total. The van der Waals surface area contributed by atoms with Crippen molar-refractivity contribution < 1.29 is 14.3 Å². The van der Waals surface area contributed by atoms with Crippen molar-refractivity contribution in [3.05, 3.63) is 95.4 Å². The first-order valence-electron chi connectivity index (χ1n) is 11.2. The van der Waals surface area contributed by atoms with E-state index in [9.17, 15) is 9.59 Å². The predicted molar refractivity (Wildman–Crippen MR) is 129 cm³/mol. The van der Waals surface area contributed by atoms with Crippen LogP contribution >= 0.6 is 0 Å². The fraction of sp³-hybridized carbons (Fsp3) is 0.185. The van der Waals surface area contributed by atoms with E-state index in [-0.39, 0.29) is 17.9 Å². The van der Waals surface area contributed by atoms with Crippen LogP contribution in [-0.2, 0) is 12.8 Å². The molecule has 2 amide bonds. The maximum atomic E-state index is 12.9. The number of pyridine rings is 2. The van der Waals surface area contributed by atoms with Gasteiger partial charge in [-0.3, -0.25) is 19.6 Å². The van der Waals surface area contributed by atoms with Crippen LogP contribution in [0.1, 0.15) is 38.4 Å². The van der Waals surface area contributed by atoms with Gasteiger partial charge in [-0.05, 0) is 60.7 Å². The molecule has 4 aromatic rings. The quantitative estimate of drug-likeness (QED) is 0.476. The van der Waals surface area contributed by atoms with Crippen LogP contribution in [0, 0.1) is 0 Å². The summed E-state index contributed by atoms with van der Waals surface area (Å²) < 4.78 is 5.99. The number of carbonyl (C=O) groups is 2. The van der Waals surface area contributed by atoms with Crippen molar-refractivity contribution in [2.45, 2.75) is 25.3 Å². The van der Waals surface area contributed by atoms with Crippen LogP contribution in [-0.4, -0.2) is 34.9 Å². The van der Waals surface area contributed by atoms with E-state index in [4.69, 9.17) is 4.74 Å². The molecule has 2 aromatic carbocycles. The number of benzene rings is 2. The van der Waals surface area contributed by atoms with E-state index >= 15 is 0 Å². The van der Waals surface area contributed by atoms with Crippen LogP contribution in [0.3, 0.4) is 0 Å². The molecule has 1 atom stereocenters. The van der Waals surface area contributed by atoms with Crippen LogP contribution in [0.2, 0.25) is 0 Å². The molecule has 0 saturated heterocycles. The van der Waals surface area contributed by atoms with Crippen molar-refractivity contribution >= 4 is 22.7 Å². The lowest BCUT2D eigenvalue weighted by Crippen LogP contribution is -2.38. The smallest absolute Gasteiger partial charge is 0.269 e. The number of aromatic nitrogens is 2. The van der Waals surface area contributed by atoms with Crippen molar-refractivity contribution in [3.8, 4) is 11.5 Å². The van der Waals surface area contributed by atoms with Crippen molar-refractivity contribution in [2.24, 2.45) is 0 Å². The maximum absolute atomic E-state index is 12.9. The summed E-state index contributed by atoms with van der Waals surface area (Å²) in [6, 6.07) is 19.0. The molecule has 1 aliphatic carbocycles. The van der Waals surface area contributed by atoms with Crippen molar-refractivity contribution in [1.82, 2.24) is 20.6 Å². The average Bonchev–Trinajstić information content (AvgIpc) is 2.88. The van der Waals surface area contributed by atoms with Crippen LogP contribution in [0.4, 0.5) is 0 Å². The van der Waals surface area contributed by atoms with Crippen molar-refractivity contribution in [2.75, 3.05) is 7.05 Å². The maximum Gasteiger partial charge on any atom is 0.269 e. The van der Waals surface area contributed by atoms with E-state index in [1.54, 1.807) is 31.6 Å². The van der Waals surface area contributed by atoms with E-state index < -0.39 is 0 Å². The fourth-order valence-electron chi connectivity index (χ4n) is 4.25. The van der Waals surface area contributed by atoms with Gasteiger partial charge in [0.1, 0.15) is 17.2 Å². The van der Waals surface area contributed by atoms with Gasteiger partial charge < -0.3 is 15.4 Å². The molecule has 2 heterocycles. The van der Waals surface area contributed by atoms with Gasteiger partial charge in [0.05, 0.1) is 11.1 Å². The summed E-state index contributed by atoms with van der Waals surface area (Å²) in [4.78, 5) is 33.2. The van der Waals surface area contributed by atoms with Crippen LogP contribution in [0.15, 0.2) is 73.1 Å². The molecule has 1 unspecified atom stereocenters. The molecule has 0 saturated carbocycles. The Morgan fingerprint density at radius 3 is 2.68 bits per heavy atom. The number of hydrogen-bond donors (Lipinski definition) is 2. The first-order valence-corrected chi connectivity index (χ1v) is 11.2. The zero-order chi connectivity index (χ0) is 23.5. The number of ether oxygens (including phenoxy) is 1. The largest absolute Gasteiger partial charge is 0.457 e. The standard InChI is InChI=1S/C27H24N4O3/c1-28-27(33)25-15-23(10-11-29-25)34-22-9-7-17-6-8-21(13-19(17)14-22)31-26(32)20-12-18-4-2-3-5-24(18)30-16-20/h2-5,7,9-12,14-16,21H,6,8,13H2,1H3,(H,28,33)(H,31,32). The summed E-state index contributed by atoms with van der Waals surface area (Å²) in [6.07, 6.45) is 5.65. The molecule has 7 nitrogen and oxygen atoms in total. The molecule has 0 fully saturated rings. The first kappa shape index (κ1) is 21.6. The molecule has 0 spiro atoms. The summed E-state index contributed by atoms with van der Waals surface area (Å²) in [6.45, 7) is 0. The highest BCUT2D eigenvalue weighted by molar-refractivity contribution is 5.97. The monoisotopic (exact) mass is 452 g/mol. The number of hydrogen-bond acceptors (Lipinski definition) is 5. The van der Waals surface area contributed by atoms with Crippen molar-refractivity contribution in [3.63, 3.8) is 0 Å². The van der Waals surface area contributed by atoms with Gasteiger partial charge in [-0.2, -0.15) is 0 Å². The molecule has 7 heteroatoms. The Bertz CT molecular complexity index is 1390. The normalized spacial score (nSPS) is 14.8. The molecular weight excluding hydrogens is 428 g/mol. The minimum Gasteiger partial charge on any atom is -0.457 e. The lowest BCUT2D eigenvalue weighted by molar-refractivity contribution is 0.0931. The molecule has 0 radical (unpaired) electrons. The highest BCUT2D eigenvalue weighted by Crippen LogP contribution is 2.29. The van der Waals surface area contributed by atoms with E-state index in [1.165, 1.54) is 5.56 Å². The Balaban J connectivity index is 1.28. The number of rotatable bonds is 5. The fourth-order valence-corrected chi connectivity index (χ4v) is 4.25. The Kier molecular flexibility index (Phi) is 5.91. The lowest BCUT2D eigenvalue weighted by atomic mass is 9.88. The first-order chi connectivity index (χ1) is 16.6. The SMILES string of the molecule is CNC(=O)c1cc(Oc2ccc3c(c2)CC(NC(=O)c2cnc4ccccc4c2)CC3)ccn1. The van der Waals surface area contributed by atoms with Gasteiger partial charge in [-0.15, -0.1) is 0 Å². The summed E-state index contributed by atoms with van der Waals surface area (Å²) in [7, 11) is 1.56. The predicted octanol–water partition coefficient (Wildman–Crippen LogP) is 4.07. The number of nitrogens with zero attached hydrogens (tertiary/aromatic N) is 2. The second-order valence-electron chi connectivity index (χ2n) is 8.32. The Hall–Kier alpha value is -4.26. The van der Waals surface area contributed by atoms with E-state index in [2.05, 4.69) is 26.7 Å². The summed E-state index contributed by atoms with van der Waals surface area (Å²) in [5, 5.41) is 6.67. The summed E-state index contributed by atoms with van der Waals surface area (Å²) in [5.41, 5.74) is 4.13. The number of fused-ring (bicyclic) bond motifs is 2. The Morgan fingerprint density at radius 2 is 1.79 bits per heavy atom. The van der Waals surface area contributed by atoms with Crippen molar-refractivity contribution in [1.29, 1.82) is 0 Å². The van der Waals surface area contributed by atoms with Crippen LogP contribution in [0.5, 0.6) is 11.5 Å². The summed E-state index contributed by atoms with van der Waals surface area (Å²) in [5.74, 6) is 0.838. The highest BCUT2D eigenvalue weighted by Gasteiger charge is 2.22. The third-order valence-corrected chi connectivity index (χ3v) is 6.02. The van der Waals surface area contributed by atoms with Gasteiger partial charge in [0.2, 0.25) is 0 Å². The molecule has 1 aliphatic rings. The summed E-state index contributed by atoms with van der Waals surface area (Å²) >= 11 is 0. The third-order valence-electron chi connectivity index (χ3n) is 6.02. The van der Waals surface area contributed by atoms with Gasteiger partial charge >= 0.3 is 0 Å². The molecule has 34 heavy (non-hydrogen) atoms. The number of aryl methyl sites for hydroxylation is 1. The number of para-hydroxylation sites is 1. The topological polar surface area (TPSA) is 93.2 Å². The zero-order valence-electron chi connectivity index (χ0n) is 18.7. The average molecular weight is 453 g/mol. The Morgan fingerprint density at radius 1 is 0.941 bits per heavy atom. The van der Waals surface area contributed by atoms with E-state index in [0.717, 1.165) is 35.7 Å². The van der Waals surface area contributed by atoms with Gasteiger partial charge in [-0.1, -0.05) is 24.3 Å². The molecular formula is C27H24N4O3.